The largest absolute Gasteiger partial charge is 1.00 e. The minimum Gasteiger partial charge on any atom is -0.652 e. The standard InChI is InChI=1S/C10H9N3O.CH2O3.2K/c1-7-4-8(6-11-5-7)9-2-3-10(14)13-12-9;2-1(3)4;;/h2-6H,1H3,(H,13,14);(H2,2,3,4);;/q;;2*+1/p-2. The number of nitrogens with one attached hydrogen (secondary N) is 1. The first-order valence-electron chi connectivity index (χ1n) is 4.85. The van der Waals surface area contributed by atoms with E-state index in [9.17, 15) is 4.79 Å². The summed E-state index contributed by atoms with van der Waals surface area (Å²) in [4.78, 5) is 23.2. The van der Waals surface area contributed by atoms with Gasteiger partial charge in [0.1, 0.15) is 0 Å². The van der Waals surface area contributed by atoms with Crippen LogP contribution in [0.1, 0.15) is 5.56 Å². The van der Waals surface area contributed by atoms with E-state index in [0.717, 1.165) is 16.8 Å². The third-order valence-electron chi connectivity index (χ3n) is 1.85. The molecule has 0 atom stereocenters. The van der Waals surface area contributed by atoms with Gasteiger partial charge in [0.25, 0.3) is 5.56 Å². The number of rotatable bonds is 1. The van der Waals surface area contributed by atoms with Crippen LogP contribution in [0.15, 0.2) is 35.4 Å². The van der Waals surface area contributed by atoms with Crippen LogP contribution in [-0.4, -0.2) is 21.3 Å². The Morgan fingerprint density at radius 3 is 2.25 bits per heavy atom. The van der Waals surface area contributed by atoms with Gasteiger partial charge < -0.3 is 15.0 Å². The van der Waals surface area contributed by atoms with Crippen LogP contribution >= 0.6 is 0 Å². The molecule has 0 radical (unpaired) electrons. The topological polar surface area (TPSA) is 122 Å². The summed E-state index contributed by atoms with van der Waals surface area (Å²) in [7, 11) is 0. The van der Waals surface area contributed by atoms with E-state index in [0.29, 0.717) is 0 Å². The zero-order valence-corrected chi connectivity index (χ0v) is 17.7. The molecule has 0 amide bonds. The van der Waals surface area contributed by atoms with Gasteiger partial charge in [-0.1, -0.05) is 0 Å². The number of aromatic nitrogens is 3. The fourth-order valence-corrected chi connectivity index (χ4v) is 1.20. The van der Waals surface area contributed by atoms with E-state index in [1.54, 1.807) is 18.5 Å². The Hall–Kier alpha value is 0.573. The first-order valence-corrected chi connectivity index (χ1v) is 4.85. The number of carbonyl (C=O) groups is 1. The third kappa shape index (κ3) is 9.50. The molecular weight excluding hydrogens is 316 g/mol. The molecule has 2 aromatic heterocycles. The monoisotopic (exact) mass is 325 g/mol. The Balaban J connectivity index is 0. The molecule has 94 valence electrons. The first-order chi connectivity index (χ1) is 8.49. The van der Waals surface area contributed by atoms with E-state index in [2.05, 4.69) is 15.2 Å². The molecule has 0 aromatic carbocycles. The zero-order valence-electron chi connectivity index (χ0n) is 11.4. The van der Waals surface area contributed by atoms with Gasteiger partial charge in [0.15, 0.2) is 0 Å². The molecule has 0 unspecified atom stereocenters. The van der Waals surface area contributed by atoms with E-state index in [-0.39, 0.29) is 108 Å². The van der Waals surface area contributed by atoms with Crippen molar-refractivity contribution in [3.63, 3.8) is 0 Å². The summed E-state index contributed by atoms with van der Waals surface area (Å²) in [6, 6.07) is 5.09. The minimum absolute atomic E-state index is 0. The number of hydrogen-bond acceptors (Lipinski definition) is 6. The molecule has 9 heteroatoms. The second kappa shape index (κ2) is 12.2. The van der Waals surface area contributed by atoms with Gasteiger partial charge in [0.2, 0.25) is 0 Å². The average molecular weight is 325 g/mol. The predicted octanol–water partition coefficient (Wildman–Crippen LogP) is -7.30. The summed E-state index contributed by atoms with van der Waals surface area (Å²) in [6.45, 7) is 1.96. The van der Waals surface area contributed by atoms with Crippen LogP contribution in [0.2, 0.25) is 0 Å². The van der Waals surface area contributed by atoms with E-state index < -0.39 is 6.16 Å². The van der Waals surface area contributed by atoms with Gasteiger partial charge in [0, 0.05) is 24.0 Å². The molecule has 2 rings (SSSR count). The van der Waals surface area contributed by atoms with Gasteiger partial charge in [-0.3, -0.25) is 9.78 Å². The molecule has 0 fully saturated rings. The second-order valence-electron chi connectivity index (χ2n) is 3.31. The van der Waals surface area contributed by atoms with Crippen molar-refractivity contribution in [2.24, 2.45) is 0 Å². The Bertz CT molecular complexity index is 580. The molecule has 2 heterocycles. The van der Waals surface area contributed by atoms with E-state index in [4.69, 9.17) is 15.0 Å². The maximum atomic E-state index is 10.8. The van der Waals surface area contributed by atoms with Crippen LogP contribution in [0.25, 0.3) is 11.3 Å². The van der Waals surface area contributed by atoms with Gasteiger partial charge in [-0.2, -0.15) is 5.10 Å². The molecule has 20 heavy (non-hydrogen) atoms. The number of nitrogens with zero attached hydrogens (tertiary/aromatic N) is 2. The zero-order chi connectivity index (χ0) is 13.5. The Kier molecular flexibility index (Phi) is 13.9. The molecule has 7 nitrogen and oxygen atoms in total. The molecule has 0 aliphatic carbocycles. The number of aromatic amines is 1. The minimum atomic E-state index is -2.33. The number of carboxylic acid groups (broad SMARTS) is 2. The summed E-state index contributed by atoms with van der Waals surface area (Å²) in [6.07, 6.45) is 1.16. The number of pyridine rings is 1. The maximum Gasteiger partial charge on any atom is 1.00 e. The molecule has 2 aromatic rings. The van der Waals surface area contributed by atoms with Crippen molar-refractivity contribution in [3.8, 4) is 11.3 Å². The molecule has 0 aliphatic heterocycles. The van der Waals surface area contributed by atoms with Crippen molar-refractivity contribution in [3.05, 3.63) is 46.5 Å². The summed E-state index contributed by atoms with van der Waals surface area (Å²) in [5.41, 5.74) is 2.49. The Morgan fingerprint density at radius 1 is 1.20 bits per heavy atom. The van der Waals surface area contributed by atoms with Gasteiger partial charge in [-0.15, -0.1) is 0 Å². The van der Waals surface area contributed by atoms with Gasteiger partial charge in [-0.25, -0.2) is 5.10 Å². The molecule has 0 spiro atoms. The van der Waals surface area contributed by atoms with E-state index in [1.807, 2.05) is 13.0 Å². The third-order valence-corrected chi connectivity index (χ3v) is 1.85. The average Bonchev–Trinajstić information content (AvgIpc) is 2.29. The molecule has 0 bridgehead atoms. The number of aryl methyl sites for hydroxylation is 1. The van der Waals surface area contributed by atoms with Crippen LogP contribution in [0.5, 0.6) is 0 Å². The van der Waals surface area contributed by atoms with Crippen molar-refractivity contribution >= 4 is 6.16 Å². The van der Waals surface area contributed by atoms with Crippen LogP contribution in [0, 0.1) is 6.92 Å². The summed E-state index contributed by atoms with van der Waals surface area (Å²) in [5.74, 6) is 0. The van der Waals surface area contributed by atoms with Crippen molar-refractivity contribution < 1.29 is 118 Å². The maximum absolute atomic E-state index is 10.8. The van der Waals surface area contributed by atoms with Crippen molar-refractivity contribution in [2.45, 2.75) is 6.92 Å². The van der Waals surface area contributed by atoms with E-state index >= 15 is 0 Å². The molecule has 1 N–H and O–H groups in total. The van der Waals surface area contributed by atoms with Crippen LogP contribution in [0.3, 0.4) is 0 Å². The quantitative estimate of drug-likeness (QED) is 0.520. The molecule has 0 saturated heterocycles. The van der Waals surface area contributed by atoms with Gasteiger partial charge >= 0.3 is 103 Å². The Labute approximate surface area is 200 Å². The fourth-order valence-electron chi connectivity index (χ4n) is 1.20. The van der Waals surface area contributed by atoms with Crippen LogP contribution in [0.4, 0.5) is 4.79 Å². The number of H-pyrrole nitrogens is 1. The van der Waals surface area contributed by atoms with E-state index in [1.165, 1.54) is 6.07 Å². The predicted molar refractivity (Wildman–Crippen MR) is 58.2 cm³/mol. The summed E-state index contributed by atoms with van der Waals surface area (Å²) < 4.78 is 0. The van der Waals surface area contributed by atoms with Crippen LogP contribution in [-0.2, 0) is 0 Å². The molecule has 0 aliphatic rings. The number of carbonyl (C=O) groups excluding carboxylic acids is 1. The Morgan fingerprint density at radius 2 is 1.80 bits per heavy atom. The summed E-state index contributed by atoms with van der Waals surface area (Å²) in [5, 5.41) is 23.0. The SMILES string of the molecule is Cc1cncc(-c2ccc(=O)[nH]n2)c1.O=C([O-])[O-].[K+].[K+]. The van der Waals surface area contributed by atoms with Crippen molar-refractivity contribution in [1.29, 1.82) is 0 Å². The van der Waals surface area contributed by atoms with Gasteiger partial charge in [-0.05, 0) is 30.8 Å². The van der Waals surface area contributed by atoms with Crippen molar-refractivity contribution in [1.82, 2.24) is 15.2 Å². The second-order valence-corrected chi connectivity index (χ2v) is 3.31. The number of hydrogen-bond donors (Lipinski definition) is 1. The first kappa shape index (κ1) is 22.8. The smallest absolute Gasteiger partial charge is 0.652 e. The molecule has 0 saturated carbocycles. The van der Waals surface area contributed by atoms with Gasteiger partial charge in [0.05, 0.1) is 5.69 Å². The van der Waals surface area contributed by atoms with Crippen LogP contribution < -0.4 is 119 Å². The summed E-state index contributed by atoms with van der Waals surface area (Å²) >= 11 is 0. The van der Waals surface area contributed by atoms with Crippen molar-refractivity contribution in [2.75, 3.05) is 0 Å². The fraction of sp³-hybridized carbons (Fsp3) is 0.0909. The molecular formula is C11H9K2N3O4. The normalized spacial score (nSPS) is 8.25.